The van der Waals surface area contributed by atoms with E-state index in [4.69, 9.17) is 9.52 Å². The zero-order chi connectivity index (χ0) is 18.1. The van der Waals surface area contributed by atoms with Crippen LogP contribution in [-0.4, -0.2) is 47.8 Å². The topological polar surface area (TPSA) is 86.3 Å². The molecule has 25 heavy (non-hydrogen) atoms. The molecule has 134 valence electrons. The van der Waals surface area contributed by atoms with E-state index in [0.29, 0.717) is 42.7 Å². The fourth-order valence-electron chi connectivity index (χ4n) is 3.32. The molecule has 7 heteroatoms. The van der Waals surface area contributed by atoms with Gasteiger partial charge in [0.1, 0.15) is 5.76 Å². The van der Waals surface area contributed by atoms with Crippen molar-refractivity contribution in [1.29, 1.82) is 0 Å². The average Bonchev–Trinajstić information content (AvgIpc) is 3.15. The Bertz CT molecular complexity index is 739. The standard InChI is InChI=1S/C18H23N3O4/c1-11-15(10-14-8-9-16(25-14)20(2)3)17(22)21(19-11)13-6-4-12(5-7-13)18(23)24/h8-10,12-13H,4-7H2,1-3H3,(H,23,24). The molecule has 0 radical (unpaired) electrons. The third kappa shape index (κ3) is 3.45. The molecule has 1 saturated carbocycles. The number of carbonyl (C=O) groups excluding carboxylic acids is 1. The summed E-state index contributed by atoms with van der Waals surface area (Å²) in [5, 5.41) is 15.0. The highest BCUT2D eigenvalue weighted by molar-refractivity contribution is 6.26. The molecule has 1 aliphatic carbocycles. The minimum absolute atomic E-state index is 0.0297. The fraction of sp³-hybridized carbons (Fsp3) is 0.500. The summed E-state index contributed by atoms with van der Waals surface area (Å²) in [5.41, 5.74) is 1.19. The molecule has 0 unspecified atom stereocenters. The number of hydrogen-bond donors (Lipinski definition) is 1. The Morgan fingerprint density at radius 3 is 2.56 bits per heavy atom. The van der Waals surface area contributed by atoms with Crippen LogP contribution in [-0.2, 0) is 9.59 Å². The van der Waals surface area contributed by atoms with Gasteiger partial charge in [-0.2, -0.15) is 5.10 Å². The molecule has 2 heterocycles. The van der Waals surface area contributed by atoms with Gasteiger partial charge in [0.15, 0.2) is 5.88 Å². The summed E-state index contributed by atoms with van der Waals surface area (Å²) in [4.78, 5) is 25.7. The summed E-state index contributed by atoms with van der Waals surface area (Å²) < 4.78 is 5.68. The summed E-state index contributed by atoms with van der Waals surface area (Å²) in [5.74, 6) is 0.135. The molecule has 0 spiro atoms. The van der Waals surface area contributed by atoms with E-state index in [1.165, 1.54) is 5.01 Å². The molecule has 0 atom stereocenters. The molecule has 1 amide bonds. The predicted molar refractivity (Wildman–Crippen MR) is 94.3 cm³/mol. The van der Waals surface area contributed by atoms with E-state index in [9.17, 15) is 9.59 Å². The van der Waals surface area contributed by atoms with Crippen LogP contribution in [0.5, 0.6) is 0 Å². The second-order valence-corrected chi connectivity index (χ2v) is 6.81. The van der Waals surface area contributed by atoms with Gasteiger partial charge in [-0.05, 0) is 44.7 Å². The zero-order valence-electron chi connectivity index (χ0n) is 14.7. The number of hydrogen-bond acceptors (Lipinski definition) is 5. The molecular weight excluding hydrogens is 322 g/mol. The SMILES string of the molecule is CC1=NN(C2CCC(C(=O)O)CC2)C(=O)C1=Cc1ccc(N(C)C)o1. The van der Waals surface area contributed by atoms with Gasteiger partial charge in [0.2, 0.25) is 0 Å². The Morgan fingerprint density at radius 2 is 2.00 bits per heavy atom. The van der Waals surface area contributed by atoms with Crippen molar-refractivity contribution in [1.82, 2.24) is 5.01 Å². The van der Waals surface area contributed by atoms with Crippen LogP contribution < -0.4 is 4.90 Å². The van der Waals surface area contributed by atoms with Crippen molar-refractivity contribution < 1.29 is 19.1 Å². The van der Waals surface area contributed by atoms with E-state index in [1.54, 1.807) is 6.08 Å². The van der Waals surface area contributed by atoms with Crippen LogP contribution in [0.2, 0.25) is 0 Å². The Morgan fingerprint density at radius 1 is 1.32 bits per heavy atom. The first-order chi connectivity index (χ1) is 11.9. The van der Waals surface area contributed by atoms with Crippen LogP contribution in [0, 0.1) is 5.92 Å². The lowest BCUT2D eigenvalue weighted by molar-refractivity contribution is -0.143. The van der Waals surface area contributed by atoms with Gasteiger partial charge >= 0.3 is 5.97 Å². The first-order valence-corrected chi connectivity index (χ1v) is 8.47. The van der Waals surface area contributed by atoms with Gasteiger partial charge in [-0.1, -0.05) is 0 Å². The van der Waals surface area contributed by atoms with Crippen LogP contribution in [0.1, 0.15) is 38.4 Å². The third-order valence-corrected chi connectivity index (χ3v) is 4.82. The highest BCUT2D eigenvalue weighted by Gasteiger charge is 2.36. The van der Waals surface area contributed by atoms with Crippen molar-refractivity contribution in [3.63, 3.8) is 0 Å². The molecule has 1 aromatic heterocycles. The lowest BCUT2D eigenvalue weighted by Crippen LogP contribution is -2.37. The average molecular weight is 345 g/mol. The summed E-state index contributed by atoms with van der Waals surface area (Å²) in [7, 11) is 3.77. The van der Waals surface area contributed by atoms with Gasteiger partial charge in [0.25, 0.3) is 5.91 Å². The Kier molecular flexibility index (Phi) is 4.65. The third-order valence-electron chi connectivity index (χ3n) is 4.82. The van der Waals surface area contributed by atoms with E-state index in [2.05, 4.69) is 5.10 Å². The summed E-state index contributed by atoms with van der Waals surface area (Å²) in [6.07, 6.45) is 4.22. The second-order valence-electron chi connectivity index (χ2n) is 6.81. The van der Waals surface area contributed by atoms with Crippen molar-refractivity contribution >= 4 is 29.5 Å². The minimum atomic E-state index is -0.749. The fourth-order valence-corrected chi connectivity index (χ4v) is 3.32. The predicted octanol–water partition coefficient (Wildman–Crippen LogP) is 2.59. The van der Waals surface area contributed by atoms with Gasteiger partial charge in [-0.15, -0.1) is 0 Å². The Labute approximate surface area is 146 Å². The monoisotopic (exact) mass is 345 g/mol. The molecule has 2 aliphatic rings. The number of furan rings is 1. The number of nitrogens with zero attached hydrogens (tertiary/aromatic N) is 3. The molecule has 0 aromatic carbocycles. The van der Waals surface area contributed by atoms with Crippen molar-refractivity contribution in [2.45, 2.75) is 38.6 Å². The summed E-state index contributed by atoms with van der Waals surface area (Å²) in [6, 6.07) is 3.64. The van der Waals surface area contributed by atoms with Gasteiger partial charge in [0.05, 0.1) is 23.2 Å². The number of carbonyl (C=O) groups is 2. The van der Waals surface area contributed by atoms with Gasteiger partial charge in [-0.3, -0.25) is 9.59 Å². The molecule has 3 rings (SSSR count). The maximum absolute atomic E-state index is 12.8. The maximum Gasteiger partial charge on any atom is 0.306 e. The van der Waals surface area contributed by atoms with E-state index < -0.39 is 5.97 Å². The number of anilines is 1. The van der Waals surface area contributed by atoms with Crippen LogP contribution in [0.4, 0.5) is 5.88 Å². The molecule has 0 bridgehead atoms. The molecule has 1 aromatic rings. The number of aliphatic carboxylic acids is 1. The minimum Gasteiger partial charge on any atom is -0.481 e. The smallest absolute Gasteiger partial charge is 0.306 e. The van der Waals surface area contributed by atoms with E-state index in [1.807, 2.05) is 38.1 Å². The zero-order valence-corrected chi connectivity index (χ0v) is 14.7. The molecule has 1 N–H and O–H groups in total. The Balaban J connectivity index is 1.73. The number of amides is 1. The number of rotatable bonds is 4. The number of carboxylic acids is 1. The number of hydrazone groups is 1. The van der Waals surface area contributed by atoms with Crippen LogP contribution >= 0.6 is 0 Å². The van der Waals surface area contributed by atoms with Gasteiger partial charge in [-0.25, -0.2) is 5.01 Å². The molecule has 1 fully saturated rings. The van der Waals surface area contributed by atoms with Crippen molar-refractivity contribution in [3.05, 3.63) is 23.5 Å². The first kappa shape index (κ1) is 17.3. The van der Waals surface area contributed by atoms with Crippen molar-refractivity contribution in [2.24, 2.45) is 11.0 Å². The van der Waals surface area contributed by atoms with E-state index in [-0.39, 0.29) is 17.9 Å². The van der Waals surface area contributed by atoms with Crippen LogP contribution in [0.25, 0.3) is 6.08 Å². The Hall–Kier alpha value is -2.57. The van der Waals surface area contributed by atoms with Crippen LogP contribution in [0.15, 0.2) is 27.2 Å². The van der Waals surface area contributed by atoms with E-state index in [0.717, 1.165) is 5.88 Å². The largest absolute Gasteiger partial charge is 0.481 e. The van der Waals surface area contributed by atoms with Crippen molar-refractivity contribution in [2.75, 3.05) is 19.0 Å². The van der Waals surface area contributed by atoms with Gasteiger partial charge in [0, 0.05) is 20.2 Å². The quantitative estimate of drug-likeness (QED) is 0.848. The summed E-state index contributed by atoms with van der Waals surface area (Å²) in [6.45, 7) is 1.81. The van der Waals surface area contributed by atoms with E-state index >= 15 is 0 Å². The molecule has 7 nitrogen and oxygen atoms in total. The molecule has 0 saturated heterocycles. The first-order valence-electron chi connectivity index (χ1n) is 8.47. The maximum atomic E-state index is 12.8. The molecule has 1 aliphatic heterocycles. The molecular formula is C18H23N3O4. The second kappa shape index (κ2) is 6.74. The number of carboxylic acid groups (broad SMARTS) is 1. The van der Waals surface area contributed by atoms with Crippen molar-refractivity contribution in [3.8, 4) is 0 Å². The highest BCUT2D eigenvalue weighted by atomic mass is 16.4. The lowest BCUT2D eigenvalue weighted by Gasteiger charge is -2.30. The lowest BCUT2D eigenvalue weighted by atomic mass is 9.86. The normalized spacial score (nSPS) is 25.4. The van der Waals surface area contributed by atoms with Gasteiger partial charge < -0.3 is 14.4 Å². The van der Waals surface area contributed by atoms with Crippen LogP contribution in [0.3, 0.4) is 0 Å². The summed E-state index contributed by atoms with van der Waals surface area (Å²) >= 11 is 0. The highest BCUT2D eigenvalue weighted by Crippen LogP contribution is 2.31.